The standard InChI is InChI=1S/C4H6O4.C3H8N2/c5-3(6)1-2-4(7)8;1-2-5-3-4-1/h1-2H2,(H,5,6)(H,7,8);4-5H,1-3H2. The molecular weight excluding hydrogens is 176 g/mol. The van der Waals surface area contributed by atoms with Crippen molar-refractivity contribution in [1.82, 2.24) is 10.6 Å². The SMILES string of the molecule is C1CNCN1.O=C(O)CCC(=O)O. The van der Waals surface area contributed by atoms with Gasteiger partial charge in [0.2, 0.25) is 0 Å². The number of aliphatic carboxylic acids is 2. The highest BCUT2D eigenvalue weighted by atomic mass is 16.4. The second-order valence-electron chi connectivity index (χ2n) is 2.46. The topological polar surface area (TPSA) is 98.7 Å². The molecule has 1 fully saturated rings. The lowest BCUT2D eigenvalue weighted by Gasteiger charge is -1.85. The predicted octanol–water partition coefficient (Wildman–Crippen LogP) is -0.927. The summed E-state index contributed by atoms with van der Waals surface area (Å²) in [6, 6.07) is 0. The van der Waals surface area contributed by atoms with Crippen molar-refractivity contribution in [3.63, 3.8) is 0 Å². The summed E-state index contributed by atoms with van der Waals surface area (Å²) in [6.07, 6.45) is -0.593. The van der Waals surface area contributed by atoms with Gasteiger partial charge in [0.15, 0.2) is 0 Å². The molecule has 0 aliphatic carbocycles. The van der Waals surface area contributed by atoms with Gasteiger partial charge >= 0.3 is 11.9 Å². The van der Waals surface area contributed by atoms with Gasteiger partial charge in [0.05, 0.1) is 12.8 Å². The Hall–Kier alpha value is -1.14. The van der Waals surface area contributed by atoms with E-state index in [0.717, 1.165) is 19.8 Å². The zero-order chi connectivity index (χ0) is 10.1. The lowest BCUT2D eigenvalue weighted by Crippen LogP contribution is -2.11. The molecule has 6 nitrogen and oxygen atoms in total. The van der Waals surface area contributed by atoms with Crippen LogP contribution in [0.25, 0.3) is 0 Å². The largest absolute Gasteiger partial charge is 0.481 e. The first-order valence-electron chi connectivity index (χ1n) is 3.98. The van der Waals surface area contributed by atoms with Crippen molar-refractivity contribution in [2.45, 2.75) is 12.8 Å². The molecule has 0 radical (unpaired) electrons. The number of hydrogen-bond donors (Lipinski definition) is 4. The summed E-state index contributed by atoms with van der Waals surface area (Å²) in [5.74, 6) is -2.15. The Morgan fingerprint density at radius 1 is 1.00 bits per heavy atom. The van der Waals surface area contributed by atoms with Crippen molar-refractivity contribution in [3.8, 4) is 0 Å². The van der Waals surface area contributed by atoms with E-state index in [4.69, 9.17) is 10.2 Å². The van der Waals surface area contributed by atoms with Crippen molar-refractivity contribution in [3.05, 3.63) is 0 Å². The molecule has 0 amide bonds. The van der Waals surface area contributed by atoms with Crippen molar-refractivity contribution in [1.29, 1.82) is 0 Å². The van der Waals surface area contributed by atoms with Crippen LogP contribution in [-0.2, 0) is 9.59 Å². The molecular formula is C7H14N2O4. The average Bonchev–Trinajstić information content (AvgIpc) is 2.57. The average molecular weight is 190 g/mol. The first-order chi connectivity index (χ1) is 6.13. The van der Waals surface area contributed by atoms with E-state index in [1.54, 1.807) is 0 Å². The van der Waals surface area contributed by atoms with Crippen LogP contribution in [0.4, 0.5) is 0 Å². The molecule has 0 aromatic rings. The van der Waals surface area contributed by atoms with Crippen LogP contribution in [0.2, 0.25) is 0 Å². The molecule has 1 aliphatic rings. The van der Waals surface area contributed by atoms with Crippen LogP contribution in [0.1, 0.15) is 12.8 Å². The Morgan fingerprint density at radius 2 is 1.38 bits per heavy atom. The fourth-order valence-electron chi connectivity index (χ4n) is 0.656. The van der Waals surface area contributed by atoms with E-state index >= 15 is 0 Å². The molecule has 0 unspecified atom stereocenters. The minimum atomic E-state index is -1.08. The molecule has 1 saturated heterocycles. The van der Waals surface area contributed by atoms with E-state index < -0.39 is 11.9 Å². The third-order valence-electron chi connectivity index (χ3n) is 1.28. The zero-order valence-corrected chi connectivity index (χ0v) is 7.25. The number of carbonyl (C=O) groups is 2. The fourth-order valence-corrected chi connectivity index (χ4v) is 0.656. The van der Waals surface area contributed by atoms with Crippen LogP contribution in [0.3, 0.4) is 0 Å². The number of carboxylic acids is 2. The van der Waals surface area contributed by atoms with Crippen molar-refractivity contribution < 1.29 is 19.8 Å². The second kappa shape index (κ2) is 7.51. The number of rotatable bonds is 3. The molecule has 0 saturated carbocycles. The van der Waals surface area contributed by atoms with Gasteiger partial charge in [0.25, 0.3) is 0 Å². The molecule has 76 valence electrons. The summed E-state index contributed by atoms with van der Waals surface area (Å²) in [7, 11) is 0. The van der Waals surface area contributed by atoms with Gasteiger partial charge in [0.1, 0.15) is 0 Å². The van der Waals surface area contributed by atoms with Crippen LogP contribution >= 0.6 is 0 Å². The van der Waals surface area contributed by atoms with Gasteiger partial charge in [-0.3, -0.25) is 9.59 Å². The molecule has 0 spiro atoms. The highest BCUT2D eigenvalue weighted by Crippen LogP contribution is 1.86. The third-order valence-corrected chi connectivity index (χ3v) is 1.28. The van der Waals surface area contributed by atoms with Crippen molar-refractivity contribution in [2.75, 3.05) is 19.8 Å². The van der Waals surface area contributed by atoms with Gasteiger partial charge in [-0.15, -0.1) is 0 Å². The van der Waals surface area contributed by atoms with Gasteiger partial charge in [-0.05, 0) is 0 Å². The zero-order valence-electron chi connectivity index (χ0n) is 7.25. The molecule has 1 heterocycles. The van der Waals surface area contributed by atoms with Crippen LogP contribution in [0.5, 0.6) is 0 Å². The molecule has 0 aromatic heterocycles. The Bertz CT molecular complexity index is 146. The molecule has 1 rings (SSSR count). The Kier molecular flexibility index (Phi) is 6.85. The summed E-state index contributed by atoms with van der Waals surface area (Å²) >= 11 is 0. The summed E-state index contributed by atoms with van der Waals surface area (Å²) < 4.78 is 0. The summed E-state index contributed by atoms with van der Waals surface area (Å²) in [5, 5.41) is 22.0. The lowest BCUT2D eigenvalue weighted by molar-refractivity contribution is -0.143. The minimum Gasteiger partial charge on any atom is -0.481 e. The smallest absolute Gasteiger partial charge is 0.303 e. The van der Waals surface area contributed by atoms with E-state index in [2.05, 4.69) is 10.6 Å². The Morgan fingerprint density at radius 3 is 1.54 bits per heavy atom. The lowest BCUT2D eigenvalue weighted by atomic mass is 10.3. The van der Waals surface area contributed by atoms with E-state index in [-0.39, 0.29) is 12.8 Å². The van der Waals surface area contributed by atoms with Gasteiger partial charge in [0, 0.05) is 19.8 Å². The van der Waals surface area contributed by atoms with E-state index in [1.807, 2.05) is 0 Å². The quantitative estimate of drug-likeness (QED) is 0.459. The highest BCUT2D eigenvalue weighted by Gasteiger charge is 2.00. The summed E-state index contributed by atoms with van der Waals surface area (Å²) in [4.78, 5) is 19.3. The third kappa shape index (κ3) is 10.9. The molecule has 0 aromatic carbocycles. The van der Waals surface area contributed by atoms with Crippen LogP contribution in [-0.4, -0.2) is 41.9 Å². The highest BCUT2D eigenvalue weighted by molar-refractivity contribution is 5.75. The maximum absolute atomic E-state index is 9.64. The number of nitrogens with one attached hydrogen (secondary N) is 2. The van der Waals surface area contributed by atoms with Crippen LogP contribution < -0.4 is 10.6 Å². The van der Waals surface area contributed by atoms with Gasteiger partial charge in [-0.2, -0.15) is 0 Å². The van der Waals surface area contributed by atoms with E-state index in [1.165, 1.54) is 0 Å². The van der Waals surface area contributed by atoms with Crippen LogP contribution in [0.15, 0.2) is 0 Å². The van der Waals surface area contributed by atoms with Crippen molar-refractivity contribution >= 4 is 11.9 Å². The van der Waals surface area contributed by atoms with Gasteiger partial charge in [-0.1, -0.05) is 0 Å². The Balaban J connectivity index is 0.000000243. The normalized spacial score (nSPS) is 14.5. The fraction of sp³-hybridized carbons (Fsp3) is 0.714. The monoisotopic (exact) mass is 190 g/mol. The van der Waals surface area contributed by atoms with E-state index in [9.17, 15) is 9.59 Å². The summed E-state index contributed by atoms with van der Waals surface area (Å²) in [5.41, 5.74) is 0. The molecule has 0 bridgehead atoms. The number of hydrogen-bond acceptors (Lipinski definition) is 4. The molecule has 1 aliphatic heterocycles. The second-order valence-corrected chi connectivity index (χ2v) is 2.46. The maximum Gasteiger partial charge on any atom is 0.303 e. The maximum atomic E-state index is 9.64. The molecule has 4 N–H and O–H groups in total. The van der Waals surface area contributed by atoms with Gasteiger partial charge < -0.3 is 20.8 Å². The predicted molar refractivity (Wildman–Crippen MR) is 45.4 cm³/mol. The minimum absolute atomic E-state index is 0.296. The number of carboxylic acid groups (broad SMARTS) is 2. The first-order valence-corrected chi connectivity index (χ1v) is 3.98. The summed E-state index contributed by atoms with van der Waals surface area (Å²) in [6.45, 7) is 3.28. The van der Waals surface area contributed by atoms with Crippen LogP contribution in [0, 0.1) is 0 Å². The van der Waals surface area contributed by atoms with Crippen molar-refractivity contribution in [2.24, 2.45) is 0 Å². The first kappa shape index (κ1) is 11.9. The molecule has 0 atom stereocenters. The Labute approximate surface area is 75.9 Å². The van der Waals surface area contributed by atoms with E-state index in [0.29, 0.717) is 0 Å². The molecule has 6 heteroatoms. The van der Waals surface area contributed by atoms with Gasteiger partial charge in [-0.25, -0.2) is 0 Å². The molecule has 13 heavy (non-hydrogen) atoms.